The maximum absolute atomic E-state index is 11.6. The van der Waals surface area contributed by atoms with Crippen molar-refractivity contribution in [2.75, 3.05) is 0 Å². The second-order valence-electron chi connectivity index (χ2n) is 3.59. The molecule has 0 atom stereocenters. The molecule has 78 valence electrons. The van der Waals surface area contributed by atoms with E-state index in [-0.39, 0.29) is 5.91 Å². The predicted octanol–water partition coefficient (Wildman–Crippen LogP) is 1.88. The van der Waals surface area contributed by atoms with E-state index in [0.29, 0.717) is 10.7 Å². The standard InChI is InChI=1S/C11H11ClN2O/c1-4-11(2,3)14-10(15)9-6-5-8(12)7-13-9/h1,5-7H,2-3H3,(H,14,15). The van der Waals surface area contributed by atoms with Gasteiger partial charge in [-0.15, -0.1) is 6.42 Å². The van der Waals surface area contributed by atoms with Gasteiger partial charge in [0, 0.05) is 6.20 Å². The summed E-state index contributed by atoms with van der Waals surface area (Å²) >= 11 is 5.65. The summed E-state index contributed by atoms with van der Waals surface area (Å²) in [6.45, 7) is 3.47. The summed E-state index contributed by atoms with van der Waals surface area (Å²) in [5.74, 6) is 2.16. The van der Waals surface area contributed by atoms with E-state index in [0.717, 1.165) is 0 Å². The van der Waals surface area contributed by atoms with E-state index < -0.39 is 5.54 Å². The first-order chi connectivity index (χ1) is 6.94. The van der Waals surface area contributed by atoms with E-state index in [4.69, 9.17) is 18.0 Å². The molecule has 0 fully saturated rings. The van der Waals surface area contributed by atoms with Crippen molar-refractivity contribution in [3.05, 3.63) is 29.0 Å². The molecule has 0 unspecified atom stereocenters. The van der Waals surface area contributed by atoms with Crippen molar-refractivity contribution in [2.24, 2.45) is 0 Å². The minimum absolute atomic E-state index is 0.294. The zero-order valence-corrected chi connectivity index (χ0v) is 9.30. The normalized spacial score (nSPS) is 10.5. The summed E-state index contributed by atoms with van der Waals surface area (Å²) in [6, 6.07) is 3.15. The van der Waals surface area contributed by atoms with E-state index >= 15 is 0 Å². The molecule has 1 N–H and O–H groups in total. The van der Waals surface area contributed by atoms with E-state index in [1.807, 2.05) is 0 Å². The van der Waals surface area contributed by atoms with Crippen LogP contribution in [-0.4, -0.2) is 16.4 Å². The Morgan fingerprint density at radius 3 is 2.73 bits per heavy atom. The number of nitrogens with zero attached hydrogens (tertiary/aromatic N) is 1. The minimum atomic E-state index is -0.682. The maximum atomic E-state index is 11.6. The molecule has 0 aromatic carbocycles. The minimum Gasteiger partial charge on any atom is -0.335 e. The molecule has 3 nitrogen and oxygen atoms in total. The quantitative estimate of drug-likeness (QED) is 0.777. The number of carbonyl (C=O) groups excluding carboxylic acids is 1. The molecule has 0 saturated carbocycles. The molecule has 0 saturated heterocycles. The van der Waals surface area contributed by atoms with Crippen molar-refractivity contribution in [3.8, 4) is 12.3 Å². The summed E-state index contributed by atoms with van der Waals surface area (Å²) in [6.07, 6.45) is 6.67. The van der Waals surface area contributed by atoms with Crippen LogP contribution >= 0.6 is 11.6 Å². The summed E-state index contributed by atoms with van der Waals surface area (Å²) in [5, 5.41) is 3.15. The first kappa shape index (κ1) is 11.5. The fourth-order valence-electron chi connectivity index (χ4n) is 0.894. The monoisotopic (exact) mass is 222 g/mol. The highest BCUT2D eigenvalue weighted by atomic mass is 35.5. The zero-order chi connectivity index (χ0) is 11.5. The van der Waals surface area contributed by atoms with Gasteiger partial charge in [-0.2, -0.15) is 0 Å². The number of amides is 1. The number of nitrogens with one attached hydrogen (secondary N) is 1. The highest BCUT2D eigenvalue weighted by Crippen LogP contribution is 2.07. The Kier molecular flexibility index (Phi) is 3.33. The molecule has 0 radical (unpaired) electrons. The number of hydrogen-bond acceptors (Lipinski definition) is 2. The molecule has 0 spiro atoms. The molecule has 15 heavy (non-hydrogen) atoms. The highest BCUT2D eigenvalue weighted by molar-refractivity contribution is 6.30. The summed E-state index contributed by atoms with van der Waals surface area (Å²) < 4.78 is 0. The van der Waals surface area contributed by atoms with Crippen molar-refractivity contribution in [1.29, 1.82) is 0 Å². The Hall–Kier alpha value is -1.53. The van der Waals surface area contributed by atoms with Gasteiger partial charge >= 0.3 is 0 Å². The number of carbonyl (C=O) groups is 1. The van der Waals surface area contributed by atoms with Gasteiger partial charge in [-0.3, -0.25) is 4.79 Å². The van der Waals surface area contributed by atoms with E-state index in [1.54, 1.807) is 26.0 Å². The van der Waals surface area contributed by atoms with Crippen molar-refractivity contribution >= 4 is 17.5 Å². The van der Waals surface area contributed by atoms with Crippen LogP contribution in [0, 0.1) is 12.3 Å². The number of terminal acetylenes is 1. The van der Waals surface area contributed by atoms with Crippen LogP contribution in [-0.2, 0) is 0 Å². The first-order valence-electron chi connectivity index (χ1n) is 4.36. The lowest BCUT2D eigenvalue weighted by atomic mass is 10.1. The van der Waals surface area contributed by atoms with Crippen molar-refractivity contribution in [2.45, 2.75) is 19.4 Å². The van der Waals surface area contributed by atoms with Gasteiger partial charge in [0.05, 0.1) is 10.6 Å². The summed E-state index contributed by atoms with van der Waals surface area (Å²) in [7, 11) is 0. The molecular weight excluding hydrogens is 212 g/mol. The van der Waals surface area contributed by atoms with E-state index in [1.165, 1.54) is 6.20 Å². The van der Waals surface area contributed by atoms with Crippen molar-refractivity contribution in [1.82, 2.24) is 10.3 Å². The van der Waals surface area contributed by atoms with Crippen molar-refractivity contribution in [3.63, 3.8) is 0 Å². The van der Waals surface area contributed by atoms with Crippen LogP contribution in [0.5, 0.6) is 0 Å². The Morgan fingerprint density at radius 1 is 1.60 bits per heavy atom. The van der Waals surface area contributed by atoms with Crippen LogP contribution in [0.4, 0.5) is 0 Å². The molecule has 1 aromatic rings. The molecule has 0 aliphatic rings. The Morgan fingerprint density at radius 2 is 2.27 bits per heavy atom. The largest absolute Gasteiger partial charge is 0.335 e. The molecule has 1 heterocycles. The number of rotatable bonds is 2. The summed E-state index contributed by atoms with van der Waals surface area (Å²) in [5.41, 5.74) is -0.388. The Bertz CT molecular complexity index is 404. The smallest absolute Gasteiger partial charge is 0.271 e. The number of hydrogen-bond donors (Lipinski definition) is 1. The van der Waals surface area contributed by atoms with E-state index in [9.17, 15) is 4.79 Å². The molecule has 0 bridgehead atoms. The van der Waals surface area contributed by atoms with Gasteiger partial charge in [0.1, 0.15) is 5.69 Å². The molecule has 0 aliphatic heterocycles. The maximum Gasteiger partial charge on any atom is 0.271 e. The van der Waals surface area contributed by atoms with Crippen LogP contribution in [0.15, 0.2) is 18.3 Å². The van der Waals surface area contributed by atoms with Crippen LogP contribution < -0.4 is 5.32 Å². The lowest BCUT2D eigenvalue weighted by Crippen LogP contribution is -2.42. The lowest BCUT2D eigenvalue weighted by Gasteiger charge is -2.18. The fraction of sp³-hybridized carbons (Fsp3) is 0.273. The van der Waals surface area contributed by atoms with Gasteiger partial charge in [0.25, 0.3) is 5.91 Å². The third-order valence-corrected chi connectivity index (χ3v) is 1.97. The molecule has 1 aromatic heterocycles. The molecule has 0 aliphatic carbocycles. The topological polar surface area (TPSA) is 42.0 Å². The van der Waals surface area contributed by atoms with Crippen LogP contribution in [0.1, 0.15) is 24.3 Å². The van der Waals surface area contributed by atoms with Gasteiger partial charge in [0.15, 0.2) is 0 Å². The Labute approximate surface area is 93.9 Å². The molecule has 1 amide bonds. The number of aromatic nitrogens is 1. The third kappa shape index (κ3) is 3.26. The molecular formula is C11H11ClN2O. The fourth-order valence-corrected chi connectivity index (χ4v) is 1.01. The third-order valence-electron chi connectivity index (χ3n) is 1.75. The lowest BCUT2D eigenvalue weighted by molar-refractivity contribution is 0.0925. The zero-order valence-electron chi connectivity index (χ0n) is 8.54. The van der Waals surface area contributed by atoms with Crippen LogP contribution in [0.2, 0.25) is 5.02 Å². The Balaban J connectivity index is 2.79. The highest BCUT2D eigenvalue weighted by Gasteiger charge is 2.18. The van der Waals surface area contributed by atoms with E-state index in [2.05, 4.69) is 16.2 Å². The average Bonchev–Trinajstić information content (AvgIpc) is 2.18. The average molecular weight is 223 g/mol. The molecule has 1 rings (SSSR count). The number of halogens is 1. The van der Waals surface area contributed by atoms with Gasteiger partial charge in [0.2, 0.25) is 0 Å². The second kappa shape index (κ2) is 4.33. The predicted molar refractivity (Wildman–Crippen MR) is 59.6 cm³/mol. The van der Waals surface area contributed by atoms with Gasteiger partial charge in [-0.1, -0.05) is 17.5 Å². The summed E-state index contributed by atoms with van der Waals surface area (Å²) in [4.78, 5) is 15.5. The van der Waals surface area contributed by atoms with Crippen LogP contribution in [0.3, 0.4) is 0 Å². The van der Waals surface area contributed by atoms with Crippen LogP contribution in [0.25, 0.3) is 0 Å². The first-order valence-corrected chi connectivity index (χ1v) is 4.74. The van der Waals surface area contributed by atoms with Gasteiger partial charge < -0.3 is 5.32 Å². The van der Waals surface area contributed by atoms with Crippen molar-refractivity contribution < 1.29 is 4.79 Å². The SMILES string of the molecule is C#CC(C)(C)NC(=O)c1ccc(Cl)cn1. The second-order valence-corrected chi connectivity index (χ2v) is 4.02. The van der Waals surface area contributed by atoms with Gasteiger partial charge in [-0.25, -0.2) is 4.98 Å². The van der Waals surface area contributed by atoms with Gasteiger partial charge in [-0.05, 0) is 26.0 Å². The molecule has 4 heteroatoms. The number of pyridine rings is 1.